The Labute approximate surface area is 147 Å². The monoisotopic (exact) mass is 341 g/mol. The lowest BCUT2D eigenvalue weighted by Gasteiger charge is -2.11. The summed E-state index contributed by atoms with van der Waals surface area (Å²) in [6.07, 6.45) is 7.63. The van der Waals surface area contributed by atoms with Crippen molar-refractivity contribution in [2.24, 2.45) is 5.10 Å². The molecule has 0 fully saturated rings. The maximum Gasteiger partial charge on any atom is 0.281 e. The minimum absolute atomic E-state index is 0.116. The fraction of sp³-hybridized carbons (Fsp3) is 0.368. The summed E-state index contributed by atoms with van der Waals surface area (Å²) in [6.45, 7) is 0. The topological polar surface area (TPSA) is 44.7 Å². The van der Waals surface area contributed by atoms with Gasteiger partial charge < -0.3 is 4.90 Å². The van der Waals surface area contributed by atoms with E-state index in [1.165, 1.54) is 29.7 Å². The van der Waals surface area contributed by atoms with E-state index >= 15 is 0 Å². The van der Waals surface area contributed by atoms with E-state index in [0.717, 1.165) is 29.0 Å². The van der Waals surface area contributed by atoms with Crippen LogP contribution in [0.4, 0.5) is 5.69 Å². The Morgan fingerprint density at radius 1 is 1.17 bits per heavy atom. The summed E-state index contributed by atoms with van der Waals surface area (Å²) < 4.78 is 0. The van der Waals surface area contributed by atoms with Crippen LogP contribution in [0.5, 0.6) is 0 Å². The van der Waals surface area contributed by atoms with Crippen molar-refractivity contribution in [3.8, 4) is 0 Å². The van der Waals surface area contributed by atoms with Crippen LogP contribution in [0, 0.1) is 0 Å². The number of nitrogens with zero attached hydrogens (tertiary/aromatic N) is 2. The Morgan fingerprint density at radius 3 is 2.67 bits per heavy atom. The highest BCUT2D eigenvalue weighted by Crippen LogP contribution is 2.28. The largest absolute Gasteiger partial charge is 0.378 e. The Balaban J connectivity index is 1.60. The standard InChI is InChI=1S/C19H23N3OS/c1-22(2)16-10-8-14(9-11-16)13-20-21-19(23)18-12-15-6-4-3-5-7-17(15)24-18/h8-13H,3-7H2,1-2H3,(H,21,23)/b20-13-. The van der Waals surface area contributed by atoms with Gasteiger partial charge in [-0.15, -0.1) is 11.3 Å². The number of carbonyl (C=O) groups is 1. The molecule has 0 spiro atoms. The zero-order chi connectivity index (χ0) is 16.9. The van der Waals surface area contributed by atoms with Crippen LogP contribution in [-0.2, 0) is 12.8 Å². The van der Waals surface area contributed by atoms with Gasteiger partial charge in [-0.2, -0.15) is 5.10 Å². The summed E-state index contributed by atoms with van der Waals surface area (Å²) in [5, 5.41) is 4.09. The Morgan fingerprint density at radius 2 is 1.92 bits per heavy atom. The number of rotatable bonds is 4. The number of aryl methyl sites for hydroxylation is 2. The average Bonchev–Trinajstić information content (AvgIpc) is 2.86. The zero-order valence-electron chi connectivity index (χ0n) is 14.2. The molecule has 0 atom stereocenters. The first-order chi connectivity index (χ1) is 11.6. The SMILES string of the molecule is CN(C)c1ccc(/C=N\NC(=O)c2cc3c(s2)CCCCC3)cc1. The lowest BCUT2D eigenvalue weighted by molar-refractivity contribution is 0.0959. The number of benzene rings is 1. The highest BCUT2D eigenvalue weighted by atomic mass is 32.1. The van der Waals surface area contributed by atoms with Gasteiger partial charge in [-0.25, -0.2) is 5.43 Å². The van der Waals surface area contributed by atoms with Crippen LogP contribution < -0.4 is 10.3 Å². The van der Waals surface area contributed by atoms with E-state index in [2.05, 4.69) is 10.5 Å². The fourth-order valence-electron chi connectivity index (χ4n) is 2.86. The molecule has 1 amide bonds. The van der Waals surface area contributed by atoms with Gasteiger partial charge in [0, 0.05) is 24.7 Å². The van der Waals surface area contributed by atoms with Gasteiger partial charge >= 0.3 is 0 Å². The smallest absolute Gasteiger partial charge is 0.281 e. The van der Waals surface area contributed by atoms with Crippen LogP contribution in [0.15, 0.2) is 35.4 Å². The van der Waals surface area contributed by atoms with Crippen molar-refractivity contribution in [1.29, 1.82) is 0 Å². The molecule has 4 nitrogen and oxygen atoms in total. The molecule has 0 saturated carbocycles. The number of carbonyl (C=O) groups excluding carboxylic acids is 1. The Kier molecular flexibility index (Phi) is 5.30. The minimum Gasteiger partial charge on any atom is -0.378 e. The van der Waals surface area contributed by atoms with Gasteiger partial charge in [0.05, 0.1) is 11.1 Å². The molecule has 1 aromatic heterocycles. The van der Waals surface area contributed by atoms with Gasteiger partial charge in [-0.1, -0.05) is 18.6 Å². The minimum atomic E-state index is -0.116. The van der Waals surface area contributed by atoms with E-state index in [-0.39, 0.29) is 5.91 Å². The van der Waals surface area contributed by atoms with Crippen LogP contribution in [-0.4, -0.2) is 26.2 Å². The van der Waals surface area contributed by atoms with Crippen LogP contribution in [0.3, 0.4) is 0 Å². The number of anilines is 1. The summed E-state index contributed by atoms with van der Waals surface area (Å²) in [4.78, 5) is 16.4. The highest BCUT2D eigenvalue weighted by molar-refractivity contribution is 7.14. The second kappa shape index (κ2) is 7.62. The van der Waals surface area contributed by atoms with E-state index in [1.807, 2.05) is 49.3 Å². The number of nitrogens with one attached hydrogen (secondary N) is 1. The highest BCUT2D eigenvalue weighted by Gasteiger charge is 2.15. The quantitative estimate of drug-likeness (QED) is 0.521. The molecule has 0 bridgehead atoms. The molecule has 3 rings (SSSR count). The third-order valence-corrected chi connectivity index (χ3v) is 5.50. The van der Waals surface area contributed by atoms with Crippen LogP contribution in [0.2, 0.25) is 0 Å². The van der Waals surface area contributed by atoms with Crippen molar-refractivity contribution in [2.45, 2.75) is 32.1 Å². The zero-order valence-corrected chi connectivity index (χ0v) is 15.0. The van der Waals surface area contributed by atoms with Crippen LogP contribution in [0.1, 0.15) is 44.9 Å². The molecule has 0 aliphatic heterocycles. The second-order valence-corrected chi connectivity index (χ2v) is 7.44. The summed E-state index contributed by atoms with van der Waals surface area (Å²) in [6, 6.07) is 10.1. The summed E-state index contributed by atoms with van der Waals surface area (Å²) in [5.41, 5.74) is 6.09. The summed E-state index contributed by atoms with van der Waals surface area (Å²) >= 11 is 1.62. The number of hydrazone groups is 1. The number of thiophene rings is 1. The molecule has 0 saturated heterocycles. The maximum absolute atomic E-state index is 12.3. The van der Waals surface area contributed by atoms with E-state index in [0.29, 0.717) is 0 Å². The van der Waals surface area contributed by atoms with Gasteiger partial charge in [-0.05, 0) is 55.0 Å². The van der Waals surface area contributed by atoms with E-state index in [1.54, 1.807) is 17.6 Å². The molecule has 1 N–H and O–H groups in total. The lowest BCUT2D eigenvalue weighted by atomic mass is 10.1. The predicted octanol–water partition coefficient (Wildman–Crippen LogP) is 3.85. The molecule has 1 aromatic carbocycles. The van der Waals surface area contributed by atoms with Crippen molar-refractivity contribution >= 4 is 29.1 Å². The molecule has 2 aromatic rings. The van der Waals surface area contributed by atoms with Gasteiger partial charge in [0.2, 0.25) is 0 Å². The average molecular weight is 341 g/mol. The third kappa shape index (κ3) is 4.03. The van der Waals surface area contributed by atoms with Crippen molar-refractivity contribution in [2.75, 3.05) is 19.0 Å². The van der Waals surface area contributed by atoms with E-state index in [4.69, 9.17) is 0 Å². The van der Waals surface area contributed by atoms with Gasteiger partial charge in [0.1, 0.15) is 0 Å². The second-order valence-electron chi connectivity index (χ2n) is 6.30. The summed E-state index contributed by atoms with van der Waals surface area (Å²) in [7, 11) is 4.01. The van der Waals surface area contributed by atoms with E-state index in [9.17, 15) is 4.79 Å². The first-order valence-corrected chi connectivity index (χ1v) is 9.17. The van der Waals surface area contributed by atoms with E-state index < -0.39 is 0 Å². The van der Waals surface area contributed by atoms with Crippen molar-refractivity contribution < 1.29 is 4.79 Å². The molecule has 0 radical (unpaired) electrons. The van der Waals surface area contributed by atoms with Gasteiger partial charge in [-0.3, -0.25) is 4.79 Å². The van der Waals surface area contributed by atoms with Crippen molar-refractivity contribution in [3.05, 3.63) is 51.2 Å². The molecule has 5 heteroatoms. The number of fused-ring (bicyclic) bond motifs is 1. The maximum atomic E-state index is 12.3. The fourth-order valence-corrected chi connectivity index (χ4v) is 4.00. The van der Waals surface area contributed by atoms with Crippen molar-refractivity contribution in [1.82, 2.24) is 5.43 Å². The third-order valence-electron chi connectivity index (χ3n) is 4.26. The number of hydrogen-bond acceptors (Lipinski definition) is 4. The Bertz CT molecular complexity index is 708. The molecule has 0 unspecified atom stereocenters. The molecule has 1 aliphatic carbocycles. The molecule has 24 heavy (non-hydrogen) atoms. The first-order valence-electron chi connectivity index (χ1n) is 8.36. The van der Waals surface area contributed by atoms with Crippen molar-refractivity contribution in [3.63, 3.8) is 0 Å². The molecule has 126 valence electrons. The normalized spacial score (nSPS) is 14.2. The van der Waals surface area contributed by atoms with Gasteiger partial charge in [0.25, 0.3) is 5.91 Å². The lowest BCUT2D eigenvalue weighted by Crippen LogP contribution is -2.16. The molecule has 1 heterocycles. The number of amides is 1. The predicted molar refractivity (Wildman–Crippen MR) is 101 cm³/mol. The molecule has 1 aliphatic rings. The Hall–Kier alpha value is -2.14. The number of hydrogen-bond donors (Lipinski definition) is 1. The first kappa shape index (κ1) is 16.7. The van der Waals surface area contributed by atoms with Crippen LogP contribution in [0.25, 0.3) is 0 Å². The van der Waals surface area contributed by atoms with Crippen LogP contribution >= 0.6 is 11.3 Å². The van der Waals surface area contributed by atoms with Gasteiger partial charge in [0.15, 0.2) is 0 Å². The molecular formula is C19H23N3OS. The summed E-state index contributed by atoms with van der Waals surface area (Å²) in [5.74, 6) is -0.116. The molecular weight excluding hydrogens is 318 g/mol.